The normalized spacial score (nSPS) is 14.9. The predicted octanol–water partition coefficient (Wildman–Crippen LogP) is 2.83. The Hall–Kier alpha value is -3.00. The van der Waals surface area contributed by atoms with Crippen LogP contribution in [0.25, 0.3) is 0 Å². The zero-order valence-corrected chi connectivity index (χ0v) is 13.1. The first kappa shape index (κ1) is 17.4. The van der Waals surface area contributed by atoms with E-state index in [1.54, 1.807) is 6.92 Å². The Morgan fingerprint density at radius 1 is 1.21 bits per heavy atom. The van der Waals surface area contributed by atoms with Crippen LogP contribution < -0.4 is 0 Å². The van der Waals surface area contributed by atoms with Crippen LogP contribution in [0, 0.1) is 17.7 Å². The summed E-state index contributed by atoms with van der Waals surface area (Å²) >= 11 is 0. The maximum atomic E-state index is 12.8. The fourth-order valence-electron chi connectivity index (χ4n) is 2.32. The fraction of sp³-hybridized carbons (Fsp3) is 0.211. The van der Waals surface area contributed by atoms with Gasteiger partial charge in [-0.1, -0.05) is 11.5 Å². The van der Waals surface area contributed by atoms with Crippen molar-refractivity contribution in [2.45, 2.75) is 26.2 Å². The highest BCUT2D eigenvalue weighted by Gasteiger charge is 2.21. The number of benzene rings is 1. The van der Waals surface area contributed by atoms with E-state index in [4.69, 9.17) is 0 Å². The minimum absolute atomic E-state index is 0.170. The van der Waals surface area contributed by atoms with Crippen LogP contribution in [0.4, 0.5) is 4.39 Å². The molecule has 1 aliphatic carbocycles. The Labute approximate surface area is 138 Å². The minimum Gasteiger partial charge on any atom is -0.478 e. The first-order chi connectivity index (χ1) is 11.4. The van der Waals surface area contributed by atoms with Gasteiger partial charge in [-0.15, -0.1) is 0 Å². The Kier molecular flexibility index (Phi) is 5.43. The molecule has 1 aliphatic rings. The maximum Gasteiger partial charge on any atom is 0.340 e. The number of halogens is 1. The van der Waals surface area contributed by atoms with Crippen molar-refractivity contribution in [2.75, 3.05) is 0 Å². The van der Waals surface area contributed by atoms with Crippen LogP contribution in [0.5, 0.6) is 0 Å². The highest BCUT2D eigenvalue weighted by Crippen LogP contribution is 2.23. The van der Waals surface area contributed by atoms with Gasteiger partial charge in [-0.2, -0.15) is 0 Å². The molecule has 0 amide bonds. The molecular formula is C19H15FO4. The molecule has 0 unspecified atom stereocenters. The maximum absolute atomic E-state index is 12.8. The average Bonchev–Trinajstić information content (AvgIpc) is 2.53. The van der Waals surface area contributed by atoms with Crippen molar-refractivity contribution in [3.63, 3.8) is 0 Å². The largest absolute Gasteiger partial charge is 0.478 e. The lowest BCUT2D eigenvalue weighted by atomic mass is 9.90. The highest BCUT2D eigenvalue weighted by atomic mass is 19.1. The Morgan fingerprint density at radius 2 is 1.88 bits per heavy atom. The van der Waals surface area contributed by atoms with E-state index in [1.165, 1.54) is 24.3 Å². The number of Topliss-reactive ketones (excluding diaryl/α,β-unsaturated/α-hetero) is 2. The SMILES string of the molecule is CC1=C(/C=C(/C(=O)O)C(=O)C#Cc2ccc(F)cc2)C(=O)CCC1. The molecule has 0 heterocycles. The summed E-state index contributed by atoms with van der Waals surface area (Å²) in [5, 5.41) is 9.24. The number of ketones is 2. The van der Waals surface area contributed by atoms with E-state index in [0.29, 0.717) is 18.4 Å². The number of hydrogen-bond acceptors (Lipinski definition) is 3. The molecule has 0 spiro atoms. The third kappa shape index (κ3) is 4.26. The van der Waals surface area contributed by atoms with E-state index < -0.39 is 23.1 Å². The van der Waals surface area contributed by atoms with Gasteiger partial charge in [-0.25, -0.2) is 9.18 Å². The van der Waals surface area contributed by atoms with Crippen molar-refractivity contribution >= 4 is 17.5 Å². The topological polar surface area (TPSA) is 71.4 Å². The van der Waals surface area contributed by atoms with Crippen molar-refractivity contribution in [1.29, 1.82) is 0 Å². The lowest BCUT2D eigenvalue weighted by Crippen LogP contribution is -2.15. The zero-order chi connectivity index (χ0) is 17.7. The summed E-state index contributed by atoms with van der Waals surface area (Å²) in [7, 11) is 0. The van der Waals surface area contributed by atoms with Crippen LogP contribution in [0.2, 0.25) is 0 Å². The second-order valence-electron chi connectivity index (χ2n) is 5.42. The van der Waals surface area contributed by atoms with Gasteiger partial charge in [0.1, 0.15) is 11.4 Å². The van der Waals surface area contributed by atoms with Crippen LogP contribution in [0.15, 0.2) is 47.1 Å². The summed E-state index contributed by atoms with van der Waals surface area (Å²) in [4.78, 5) is 35.3. The number of rotatable bonds is 3. The number of carbonyl (C=O) groups excluding carboxylic acids is 2. The Bertz CT molecular complexity index is 817. The fourth-order valence-corrected chi connectivity index (χ4v) is 2.32. The molecule has 5 heteroatoms. The first-order valence-electron chi connectivity index (χ1n) is 7.38. The number of carbonyl (C=O) groups is 3. The van der Waals surface area contributed by atoms with Gasteiger partial charge >= 0.3 is 5.97 Å². The van der Waals surface area contributed by atoms with Crippen molar-refractivity contribution in [2.24, 2.45) is 0 Å². The molecule has 122 valence electrons. The van der Waals surface area contributed by atoms with Crippen molar-refractivity contribution in [3.8, 4) is 11.8 Å². The van der Waals surface area contributed by atoms with Crippen molar-refractivity contribution in [1.82, 2.24) is 0 Å². The molecule has 0 radical (unpaired) electrons. The lowest BCUT2D eigenvalue weighted by Gasteiger charge is -2.13. The number of carboxylic acid groups (broad SMARTS) is 1. The van der Waals surface area contributed by atoms with Gasteiger partial charge < -0.3 is 5.11 Å². The number of aliphatic carboxylic acids is 1. The molecule has 24 heavy (non-hydrogen) atoms. The molecular weight excluding hydrogens is 311 g/mol. The van der Waals surface area contributed by atoms with E-state index >= 15 is 0 Å². The van der Waals surface area contributed by atoms with Crippen molar-refractivity contribution in [3.05, 3.63) is 58.4 Å². The van der Waals surface area contributed by atoms with Gasteiger partial charge in [-0.3, -0.25) is 9.59 Å². The van der Waals surface area contributed by atoms with Gasteiger partial charge in [0.05, 0.1) is 0 Å². The molecule has 0 saturated carbocycles. The molecule has 0 bridgehead atoms. The first-order valence-corrected chi connectivity index (χ1v) is 7.38. The second kappa shape index (κ2) is 7.51. The molecule has 4 nitrogen and oxygen atoms in total. The summed E-state index contributed by atoms with van der Waals surface area (Å²) in [5.41, 5.74) is 0.882. The standard InChI is InChI=1S/C19H15FO4/c1-12-3-2-4-17(21)15(12)11-16(19(23)24)18(22)10-7-13-5-8-14(20)9-6-13/h5-6,8-9,11H,2-4H2,1H3,(H,23,24)/b16-11+. The number of hydrogen-bond donors (Lipinski definition) is 1. The zero-order valence-electron chi connectivity index (χ0n) is 13.1. The Balaban J connectivity index is 2.33. The molecule has 0 fully saturated rings. The molecule has 0 atom stereocenters. The molecule has 0 saturated heterocycles. The van der Waals surface area contributed by atoms with Gasteiger partial charge in [0.25, 0.3) is 0 Å². The van der Waals surface area contributed by atoms with Gasteiger partial charge in [0, 0.05) is 17.6 Å². The van der Waals surface area contributed by atoms with Crippen LogP contribution in [-0.2, 0) is 14.4 Å². The minimum atomic E-state index is -1.44. The van der Waals surface area contributed by atoms with E-state index in [-0.39, 0.29) is 11.4 Å². The van der Waals surface area contributed by atoms with Gasteiger partial charge in [0.15, 0.2) is 5.78 Å². The summed E-state index contributed by atoms with van der Waals surface area (Å²) < 4.78 is 12.8. The van der Waals surface area contributed by atoms with Gasteiger partial charge in [-0.05, 0) is 56.0 Å². The summed E-state index contributed by atoms with van der Waals surface area (Å²) in [6.45, 7) is 1.75. The molecule has 1 aromatic rings. The number of carboxylic acids is 1. The third-order valence-corrected chi connectivity index (χ3v) is 3.64. The van der Waals surface area contributed by atoms with E-state index in [0.717, 1.165) is 18.1 Å². The lowest BCUT2D eigenvalue weighted by molar-refractivity contribution is -0.134. The highest BCUT2D eigenvalue weighted by molar-refractivity contribution is 6.25. The molecule has 0 aliphatic heterocycles. The molecule has 1 aromatic carbocycles. The Morgan fingerprint density at radius 3 is 2.46 bits per heavy atom. The molecule has 1 N–H and O–H groups in total. The smallest absolute Gasteiger partial charge is 0.340 e. The predicted molar refractivity (Wildman–Crippen MR) is 85.6 cm³/mol. The van der Waals surface area contributed by atoms with Crippen LogP contribution in [0.1, 0.15) is 31.7 Å². The van der Waals surface area contributed by atoms with Gasteiger partial charge in [0.2, 0.25) is 5.78 Å². The summed E-state index contributed by atoms with van der Waals surface area (Å²) in [5.74, 6) is 1.78. The van der Waals surface area contributed by atoms with Crippen LogP contribution in [-0.4, -0.2) is 22.6 Å². The van der Waals surface area contributed by atoms with E-state index in [1.807, 2.05) is 0 Å². The number of allylic oxidation sites excluding steroid dienone is 3. The van der Waals surface area contributed by atoms with Crippen LogP contribution in [0.3, 0.4) is 0 Å². The third-order valence-electron chi connectivity index (χ3n) is 3.64. The molecule has 0 aromatic heterocycles. The average molecular weight is 326 g/mol. The quantitative estimate of drug-likeness (QED) is 0.401. The second-order valence-corrected chi connectivity index (χ2v) is 5.42. The summed E-state index contributed by atoms with van der Waals surface area (Å²) in [6.07, 6.45) is 2.87. The van der Waals surface area contributed by atoms with E-state index in [2.05, 4.69) is 11.8 Å². The van der Waals surface area contributed by atoms with E-state index in [9.17, 15) is 23.9 Å². The molecule has 2 rings (SSSR count). The monoisotopic (exact) mass is 326 g/mol. The summed E-state index contributed by atoms with van der Waals surface area (Å²) in [6, 6.07) is 5.16. The van der Waals surface area contributed by atoms with Crippen LogP contribution >= 0.6 is 0 Å². The van der Waals surface area contributed by atoms with Crippen molar-refractivity contribution < 1.29 is 23.9 Å².